The van der Waals surface area contributed by atoms with E-state index in [1.54, 1.807) is 12.1 Å². The minimum absolute atomic E-state index is 0.0251. The highest BCUT2D eigenvalue weighted by Crippen LogP contribution is 2.38. The normalized spacial score (nSPS) is 24.6. The molecule has 1 N–H and O–H groups in total. The first kappa shape index (κ1) is 18.2. The molecule has 0 radical (unpaired) electrons. The van der Waals surface area contributed by atoms with Gasteiger partial charge in [0.2, 0.25) is 0 Å². The lowest BCUT2D eigenvalue weighted by atomic mass is 9.73. The number of nitrogens with zero attached hydrogens (tertiary/aromatic N) is 3. The molecule has 3 heterocycles. The standard InChI is InChI=1S/C18H20N4O6/c1-11-5-2-3-7-18(11)16(24)22(17(25)19-18)9-14(23)27-10-13-20-21-15(28-13)12-6-4-8-26-12/h4,6,8,11H,2-3,5,7,9-10H2,1H3,(H,19,25)/t11-,18+/m1/s1. The van der Waals surface area contributed by atoms with Crippen molar-refractivity contribution in [3.63, 3.8) is 0 Å². The molecule has 0 bridgehead atoms. The Morgan fingerprint density at radius 1 is 1.39 bits per heavy atom. The van der Waals surface area contributed by atoms with E-state index in [0.717, 1.165) is 24.2 Å². The summed E-state index contributed by atoms with van der Waals surface area (Å²) < 4.78 is 15.6. The number of carbonyl (C=O) groups excluding carboxylic acids is 3. The van der Waals surface area contributed by atoms with Gasteiger partial charge >= 0.3 is 12.0 Å². The highest BCUT2D eigenvalue weighted by atomic mass is 16.5. The van der Waals surface area contributed by atoms with Crippen LogP contribution in [0.2, 0.25) is 0 Å². The van der Waals surface area contributed by atoms with Crippen molar-refractivity contribution in [1.82, 2.24) is 20.4 Å². The van der Waals surface area contributed by atoms with Gasteiger partial charge in [-0.3, -0.25) is 14.5 Å². The van der Waals surface area contributed by atoms with Crippen molar-refractivity contribution in [2.75, 3.05) is 6.54 Å². The molecule has 2 aromatic heterocycles. The number of furan rings is 1. The molecule has 3 amide bonds. The Labute approximate surface area is 160 Å². The zero-order chi connectivity index (χ0) is 19.7. The maximum atomic E-state index is 12.8. The molecule has 1 aliphatic heterocycles. The Morgan fingerprint density at radius 3 is 3.00 bits per heavy atom. The number of carbonyl (C=O) groups is 3. The van der Waals surface area contributed by atoms with Gasteiger partial charge in [-0.1, -0.05) is 19.8 Å². The van der Waals surface area contributed by atoms with Gasteiger partial charge in [-0.2, -0.15) is 0 Å². The molecule has 1 saturated carbocycles. The third kappa shape index (κ3) is 3.14. The molecule has 0 unspecified atom stereocenters. The van der Waals surface area contributed by atoms with E-state index in [1.807, 2.05) is 6.92 Å². The molecule has 2 aliphatic rings. The molecule has 1 saturated heterocycles. The first-order valence-electron chi connectivity index (χ1n) is 9.15. The molecule has 10 nitrogen and oxygen atoms in total. The lowest BCUT2D eigenvalue weighted by Crippen LogP contribution is -2.54. The number of hydrogen-bond acceptors (Lipinski definition) is 8. The van der Waals surface area contributed by atoms with Gasteiger partial charge in [-0.15, -0.1) is 10.2 Å². The summed E-state index contributed by atoms with van der Waals surface area (Å²) in [6, 6.07) is 2.77. The Balaban J connectivity index is 1.35. The average Bonchev–Trinajstić information content (AvgIpc) is 3.40. The summed E-state index contributed by atoms with van der Waals surface area (Å²) in [5, 5.41) is 10.4. The van der Waals surface area contributed by atoms with Crippen molar-refractivity contribution in [1.29, 1.82) is 0 Å². The van der Waals surface area contributed by atoms with Crippen LogP contribution in [0.3, 0.4) is 0 Å². The number of esters is 1. The van der Waals surface area contributed by atoms with E-state index in [9.17, 15) is 14.4 Å². The largest absolute Gasteiger partial charge is 0.459 e. The van der Waals surface area contributed by atoms with E-state index < -0.39 is 24.1 Å². The van der Waals surface area contributed by atoms with E-state index >= 15 is 0 Å². The van der Waals surface area contributed by atoms with Gasteiger partial charge in [0, 0.05) is 0 Å². The average molecular weight is 388 g/mol. The lowest BCUT2D eigenvalue weighted by molar-refractivity contribution is -0.150. The highest BCUT2D eigenvalue weighted by Gasteiger charge is 2.55. The van der Waals surface area contributed by atoms with Gasteiger partial charge < -0.3 is 18.9 Å². The predicted molar refractivity (Wildman–Crippen MR) is 92.4 cm³/mol. The second kappa shape index (κ2) is 7.10. The van der Waals surface area contributed by atoms with Crippen LogP contribution in [0.15, 0.2) is 27.2 Å². The zero-order valence-electron chi connectivity index (χ0n) is 15.3. The van der Waals surface area contributed by atoms with Gasteiger partial charge in [0.1, 0.15) is 12.1 Å². The van der Waals surface area contributed by atoms with Crippen molar-refractivity contribution in [2.24, 2.45) is 5.92 Å². The van der Waals surface area contributed by atoms with Crippen molar-refractivity contribution >= 4 is 17.9 Å². The van der Waals surface area contributed by atoms with Crippen LogP contribution in [0.1, 0.15) is 38.5 Å². The smallest absolute Gasteiger partial charge is 0.326 e. The van der Waals surface area contributed by atoms with Gasteiger partial charge in [0.05, 0.1) is 6.26 Å². The molecule has 28 heavy (non-hydrogen) atoms. The number of rotatable bonds is 5. The molecule has 0 aromatic carbocycles. The van der Waals surface area contributed by atoms with Crippen LogP contribution in [0, 0.1) is 5.92 Å². The van der Waals surface area contributed by atoms with Crippen LogP contribution in [0.5, 0.6) is 0 Å². The van der Waals surface area contributed by atoms with Gasteiger partial charge in [-0.25, -0.2) is 4.79 Å². The third-order valence-corrected chi connectivity index (χ3v) is 5.34. The van der Waals surface area contributed by atoms with E-state index in [1.165, 1.54) is 6.26 Å². The molecule has 1 spiro atoms. The Kier molecular flexibility index (Phi) is 4.62. The molecular formula is C18H20N4O6. The first-order valence-corrected chi connectivity index (χ1v) is 9.15. The maximum absolute atomic E-state index is 12.8. The fraction of sp³-hybridized carbons (Fsp3) is 0.500. The Hall–Kier alpha value is -3.17. The summed E-state index contributed by atoms with van der Waals surface area (Å²) in [4.78, 5) is 38.2. The number of nitrogens with one attached hydrogen (secondary N) is 1. The number of ether oxygens (including phenoxy) is 1. The van der Waals surface area contributed by atoms with Gasteiger partial charge in [0.15, 0.2) is 12.4 Å². The van der Waals surface area contributed by atoms with E-state index in [-0.39, 0.29) is 30.2 Å². The Bertz CT molecular complexity index is 892. The monoisotopic (exact) mass is 388 g/mol. The van der Waals surface area contributed by atoms with Crippen LogP contribution < -0.4 is 5.32 Å². The van der Waals surface area contributed by atoms with Crippen molar-refractivity contribution in [3.05, 3.63) is 24.3 Å². The van der Waals surface area contributed by atoms with Gasteiger partial charge in [0.25, 0.3) is 17.7 Å². The summed E-state index contributed by atoms with van der Waals surface area (Å²) in [5.74, 6) is -0.428. The second-order valence-corrected chi connectivity index (χ2v) is 7.08. The minimum atomic E-state index is -0.903. The molecule has 2 atom stereocenters. The van der Waals surface area contributed by atoms with Crippen molar-refractivity contribution in [2.45, 2.75) is 44.8 Å². The zero-order valence-corrected chi connectivity index (χ0v) is 15.3. The van der Waals surface area contributed by atoms with Crippen LogP contribution in [0.25, 0.3) is 11.7 Å². The molecule has 4 rings (SSSR count). The number of imide groups is 1. The molecular weight excluding hydrogens is 368 g/mol. The number of urea groups is 1. The number of hydrogen-bond donors (Lipinski definition) is 1. The van der Waals surface area contributed by atoms with E-state index in [0.29, 0.717) is 12.2 Å². The predicted octanol–water partition coefficient (Wildman–Crippen LogP) is 1.87. The summed E-state index contributed by atoms with van der Waals surface area (Å²) in [6.07, 6.45) is 4.81. The van der Waals surface area contributed by atoms with Gasteiger partial charge in [-0.05, 0) is 30.9 Å². The fourth-order valence-electron chi connectivity index (χ4n) is 3.77. The summed E-state index contributed by atoms with van der Waals surface area (Å²) in [7, 11) is 0. The fourth-order valence-corrected chi connectivity index (χ4v) is 3.77. The minimum Gasteiger partial charge on any atom is -0.459 e. The number of aromatic nitrogens is 2. The van der Waals surface area contributed by atoms with E-state index in [2.05, 4.69) is 15.5 Å². The summed E-state index contributed by atoms with van der Waals surface area (Å²) >= 11 is 0. The quantitative estimate of drug-likeness (QED) is 0.607. The van der Waals surface area contributed by atoms with Crippen LogP contribution >= 0.6 is 0 Å². The Morgan fingerprint density at radius 2 is 2.25 bits per heavy atom. The number of amides is 3. The first-order chi connectivity index (χ1) is 13.5. The maximum Gasteiger partial charge on any atom is 0.326 e. The highest BCUT2D eigenvalue weighted by molar-refractivity contribution is 6.08. The topological polar surface area (TPSA) is 128 Å². The van der Waals surface area contributed by atoms with Crippen LogP contribution in [0.4, 0.5) is 4.79 Å². The van der Waals surface area contributed by atoms with Crippen LogP contribution in [-0.4, -0.2) is 45.1 Å². The molecule has 2 fully saturated rings. The molecule has 2 aromatic rings. The molecule has 148 valence electrons. The third-order valence-electron chi connectivity index (χ3n) is 5.34. The lowest BCUT2D eigenvalue weighted by Gasteiger charge is -2.36. The van der Waals surface area contributed by atoms with Crippen molar-refractivity contribution < 1.29 is 28.0 Å². The summed E-state index contributed by atoms with van der Waals surface area (Å²) in [5.41, 5.74) is -0.903. The van der Waals surface area contributed by atoms with Crippen LogP contribution in [-0.2, 0) is 20.9 Å². The molecule has 1 aliphatic carbocycles. The molecule has 10 heteroatoms. The summed E-state index contributed by atoms with van der Waals surface area (Å²) in [6.45, 7) is 1.22. The van der Waals surface area contributed by atoms with Crippen molar-refractivity contribution in [3.8, 4) is 11.7 Å². The van der Waals surface area contributed by atoms with E-state index in [4.69, 9.17) is 13.6 Å². The second-order valence-electron chi connectivity index (χ2n) is 7.08. The SMILES string of the molecule is C[C@@H]1CCCC[C@]12NC(=O)N(CC(=O)OCc1nnc(-c3ccco3)o1)C2=O.